The molecule has 1 rings (SSSR count). The highest BCUT2D eigenvalue weighted by atomic mass is 16.6. The second kappa shape index (κ2) is 4.75. The lowest BCUT2D eigenvalue weighted by molar-refractivity contribution is -0.419. The number of hydrogen-bond donors (Lipinski definition) is 1. The van der Waals surface area contributed by atoms with Crippen LogP contribution in [-0.2, 0) is 9.53 Å². The molecule has 1 aliphatic heterocycles. The summed E-state index contributed by atoms with van der Waals surface area (Å²) in [6.45, 7) is 0. The predicted octanol–water partition coefficient (Wildman–Crippen LogP) is 0.215. The monoisotopic (exact) mass is 221 g/mol. The van der Waals surface area contributed by atoms with E-state index in [0.29, 0.717) is 0 Å². The molecule has 0 atom stereocenters. The van der Waals surface area contributed by atoms with Gasteiger partial charge >= 0.3 is 5.97 Å². The van der Waals surface area contributed by atoms with Crippen molar-refractivity contribution >= 4 is 5.97 Å². The van der Waals surface area contributed by atoms with E-state index in [1.54, 1.807) is 6.07 Å². The SMILES string of the molecule is COC(=O)/C(C#N)=C1\C=CC([N+](=O)[O-])=CN1. The Hall–Kier alpha value is -2.62. The summed E-state index contributed by atoms with van der Waals surface area (Å²) in [5.41, 5.74) is -0.233. The van der Waals surface area contributed by atoms with Crippen LogP contribution in [0.2, 0.25) is 0 Å². The third-order valence-electron chi connectivity index (χ3n) is 1.78. The van der Waals surface area contributed by atoms with Gasteiger partial charge in [-0.05, 0) is 6.08 Å². The van der Waals surface area contributed by atoms with Crippen molar-refractivity contribution in [1.82, 2.24) is 5.32 Å². The van der Waals surface area contributed by atoms with Gasteiger partial charge in [-0.1, -0.05) is 0 Å². The summed E-state index contributed by atoms with van der Waals surface area (Å²) in [6, 6.07) is 1.66. The average molecular weight is 221 g/mol. The quantitative estimate of drug-likeness (QED) is 0.235. The van der Waals surface area contributed by atoms with Crippen molar-refractivity contribution in [3.8, 4) is 6.07 Å². The van der Waals surface area contributed by atoms with E-state index < -0.39 is 10.9 Å². The number of carbonyl (C=O) groups is 1. The van der Waals surface area contributed by atoms with Crippen molar-refractivity contribution in [2.75, 3.05) is 7.11 Å². The number of carbonyl (C=O) groups excluding carboxylic acids is 1. The van der Waals surface area contributed by atoms with Crippen molar-refractivity contribution in [3.05, 3.63) is 45.4 Å². The first-order chi connectivity index (χ1) is 7.60. The average Bonchev–Trinajstić information content (AvgIpc) is 2.30. The van der Waals surface area contributed by atoms with Crippen LogP contribution < -0.4 is 5.32 Å². The van der Waals surface area contributed by atoms with Crippen LogP contribution >= 0.6 is 0 Å². The highest BCUT2D eigenvalue weighted by molar-refractivity contribution is 5.94. The van der Waals surface area contributed by atoms with E-state index in [0.717, 1.165) is 13.3 Å². The Kier molecular flexibility index (Phi) is 3.40. The van der Waals surface area contributed by atoms with Crippen LogP contribution in [0.1, 0.15) is 0 Å². The molecule has 1 heterocycles. The van der Waals surface area contributed by atoms with Crippen LogP contribution in [0.5, 0.6) is 0 Å². The number of nitro groups is 1. The molecule has 0 aromatic rings. The number of hydrogen-bond acceptors (Lipinski definition) is 6. The zero-order valence-corrected chi connectivity index (χ0v) is 8.26. The van der Waals surface area contributed by atoms with Gasteiger partial charge in [-0.2, -0.15) is 5.26 Å². The molecule has 0 saturated heterocycles. The Morgan fingerprint density at radius 2 is 2.31 bits per heavy atom. The summed E-state index contributed by atoms with van der Waals surface area (Å²) in [7, 11) is 1.14. The van der Waals surface area contributed by atoms with Crippen LogP contribution in [0.3, 0.4) is 0 Å². The van der Waals surface area contributed by atoms with Crippen LogP contribution in [-0.4, -0.2) is 18.0 Å². The lowest BCUT2D eigenvalue weighted by Crippen LogP contribution is -2.17. The molecule has 1 aliphatic rings. The van der Waals surface area contributed by atoms with Gasteiger partial charge in [-0.3, -0.25) is 10.1 Å². The van der Waals surface area contributed by atoms with Gasteiger partial charge in [0.1, 0.15) is 6.07 Å². The molecule has 0 unspecified atom stereocenters. The van der Waals surface area contributed by atoms with E-state index in [2.05, 4.69) is 10.1 Å². The summed E-state index contributed by atoms with van der Waals surface area (Å²) >= 11 is 0. The van der Waals surface area contributed by atoms with Gasteiger partial charge in [0.15, 0.2) is 5.57 Å². The number of methoxy groups -OCH3 is 1. The zero-order chi connectivity index (χ0) is 12.1. The van der Waals surface area contributed by atoms with Gasteiger partial charge in [0.05, 0.1) is 23.9 Å². The molecule has 0 aliphatic carbocycles. The maximum atomic E-state index is 11.1. The number of nitrogens with zero attached hydrogens (tertiary/aromatic N) is 2. The number of ether oxygens (including phenoxy) is 1. The molecule has 0 aromatic heterocycles. The fourth-order valence-corrected chi connectivity index (χ4v) is 1.00. The highest BCUT2D eigenvalue weighted by Crippen LogP contribution is 2.11. The van der Waals surface area contributed by atoms with E-state index >= 15 is 0 Å². The normalized spacial score (nSPS) is 16.6. The molecule has 7 nitrogen and oxygen atoms in total. The molecule has 0 spiro atoms. The number of esters is 1. The second-order valence-electron chi connectivity index (χ2n) is 2.70. The number of dihydropyridines is 1. The Balaban J connectivity index is 3.00. The Labute approximate surface area is 90.5 Å². The summed E-state index contributed by atoms with van der Waals surface area (Å²) < 4.78 is 4.38. The number of nitrogens with one attached hydrogen (secondary N) is 1. The standard InChI is InChI=1S/C9H7N3O4/c1-16-9(13)7(4-10)8-3-2-6(5-11-8)12(14)15/h2-3,5,11H,1H3/b8-7+. The molecule has 16 heavy (non-hydrogen) atoms. The Bertz CT molecular complexity index is 468. The van der Waals surface area contributed by atoms with Gasteiger partial charge in [0.2, 0.25) is 0 Å². The lowest BCUT2D eigenvalue weighted by Gasteiger charge is -2.07. The molecule has 0 amide bonds. The molecule has 0 saturated carbocycles. The molecular formula is C9H7N3O4. The largest absolute Gasteiger partial charge is 0.465 e. The third-order valence-corrected chi connectivity index (χ3v) is 1.78. The third kappa shape index (κ3) is 2.24. The van der Waals surface area contributed by atoms with E-state index in [-0.39, 0.29) is 17.0 Å². The highest BCUT2D eigenvalue weighted by Gasteiger charge is 2.18. The first kappa shape index (κ1) is 11.5. The fourth-order valence-electron chi connectivity index (χ4n) is 1.00. The van der Waals surface area contributed by atoms with Gasteiger partial charge in [0, 0.05) is 6.08 Å². The minimum Gasteiger partial charge on any atom is -0.465 e. The molecule has 1 N–H and O–H groups in total. The van der Waals surface area contributed by atoms with Crippen molar-refractivity contribution < 1.29 is 14.5 Å². The van der Waals surface area contributed by atoms with Gasteiger partial charge in [-0.25, -0.2) is 4.79 Å². The summed E-state index contributed by atoms with van der Waals surface area (Å²) in [5, 5.41) is 21.6. The van der Waals surface area contributed by atoms with Crippen molar-refractivity contribution in [3.63, 3.8) is 0 Å². The molecular weight excluding hydrogens is 214 g/mol. The summed E-state index contributed by atoms with van der Waals surface area (Å²) in [5.74, 6) is -0.799. The van der Waals surface area contributed by atoms with Crippen LogP contribution in [0.25, 0.3) is 0 Å². The predicted molar refractivity (Wildman–Crippen MR) is 52.0 cm³/mol. The molecule has 0 fully saturated rings. The Morgan fingerprint density at radius 1 is 1.62 bits per heavy atom. The van der Waals surface area contributed by atoms with E-state index in [4.69, 9.17) is 5.26 Å². The van der Waals surface area contributed by atoms with E-state index in [1.807, 2.05) is 0 Å². The van der Waals surface area contributed by atoms with Gasteiger partial charge < -0.3 is 10.1 Å². The van der Waals surface area contributed by atoms with Crippen LogP contribution in [0.4, 0.5) is 0 Å². The lowest BCUT2D eigenvalue weighted by atomic mass is 10.1. The van der Waals surface area contributed by atoms with E-state index in [9.17, 15) is 14.9 Å². The van der Waals surface area contributed by atoms with Crippen molar-refractivity contribution in [2.45, 2.75) is 0 Å². The Morgan fingerprint density at radius 3 is 2.69 bits per heavy atom. The fraction of sp³-hybridized carbons (Fsp3) is 0.111. The topological polar surface area (TPSA) is 105 Å². The second-order valence-corrected chi connectivity index (χ2v) is 2.70. The van der Waals surface area contributed by atoms with Crippen LogP contribution in [0, 0.1) is 21.4 Å². The summed E-state index contributed by atoms with van der Waals surface area (Å²) in [6.07, 6.45) is 3.55. The number of rotatable bonds is 2. The van der Waals surface area contributed by atoms with Gasteiger partial charge in [-0.15, -0.1) is 0 Å². The first-order valence-corrected chi connectivity index (χ1v) is 4.12. The summed E-state index contributed by atoms with van der Waals surface area (Å²) in [4.78, 5) is 20.9. The minimum atomic E-state index is -0.799. The zero-order valence-electron chi connectivity index (χ0n) is 8.26. The van der Waals surface area contributed by atoms with Crippen molar-refractivity contribution in [1.29, 1.82) is 5.26 Å². The maximum absolute atomic E-state index is 11.1. The maximum Gasteiger partial charge on any atom is 0.350 e. The number of nitriles is 1. The number of allylic oxidation sites excluding steroid dienone is 2. The molecule has 0 radical (unpaired) electrons. The smallest absolute Gasteiger partial charge is 0.350 e. The van der Waals surface area contributed by atoms with E-state index in [1.165, 1.54) is 12.2 Å². The molecule has 7 heteroatoms. The molecule has 0 bridgehead atoms. The molecule has 0 aromatic carbocycles. The molecule has 82 valence electrons. The van der Waals surface area contributed by atoms with Gasteiger partial charge in [0.25, 0.3) is 5.70 Å². The van der Waals surface area contributed by atoms with Crippen LogP contribution in [0.15, 0.2) is 35.3 Å². The van der Waals surface area contributed by atoms with Crippen molar-refractivity contribution in [2.24, 2.45) is 0 Å². The minimum absolute atomic E-state index is 0.161. The first-order valence-electron chi connectivity index (χ1n) is 4.12.